The van der Waals surface area contributed by atoms with E-state index < -0.39 is 30.4 Å². The first kappa shape index (κ1) is 28.3. The maximum atomic E-state index is 13.4. The largest absolute Gasteiger partial charge is 1.00 e. The SMILES string of the molecule is CC(C)c1c(C(=O)N(C)C)nn(-c2ccc(F)cc2)c1CC[C@@H](O)C[C@@H](O)CC(=O)O.[H-].[Na+]. The number of carboxylic acids is 1. The van der Waals surface area contributed by atoms with E-state index in [0.29, 0.717) is 23.5 Å². The van der Waals surface area contributed by atoms with Crippen LogP contribution in [-0.4, -0.2) is 68.2 Å². The molecule has 0 aliphatic carbocycles. The summed E-state index contributed by atoms with van der Waals surface area (Å²) in [5.41, 5.74) is 2.32. The Morgan fingerprint density at radius 3 is 2.25 bits per heavy atom. The summed E-state index contributed by atoms with van der Waals surface area (Å²) in [5, 5.41) is 33.4. The van der Waals surface area contributed by atoms with Crippen molar-refractivity contribution in [3.05, 3.63) is 47.0 Å². The third kappa shape index (κ3) is 7.38. The van der Waals surface area contributed by atoms with Crippen LogP contribution in [0.5, 0.6) is 0 Å². The number of amides is 1. The molecule has 0 aliphatic rings. The first-order chi connectivity index (χ1) is 14.5. The van der Waals surface area contributed by atoms with Gasteiger partial charge in [0, 0.05) is 25.4 Å². The third-order valence-electron chi connectivity index (χ3n) is 4.95. The van der Waals surface area contributed by atoms with Gasteiger partial charge in [-0.3, -0.25) is 9.59 Å². The molecule has 1 amide bonds. The smallest absolute Gasteiger partial charge is 1.00 e. The van der Waals surface area contributed by atoms with Gasteiger partial charge in [0.15, 0.2) is 5.69 Å². The fraction of sp³-hybridized carbons (Fsp3) is 0.500. The second kappa shape index (κ2) is 12.5. The van der Waals surface area contributed by atoms with Crippen LogP contribution in [0.4, 0.5) is 4.39 Å². The molecule has 8 nitrogen and oxygen atoms in total. The number of nitrogens with zero attached hydrogens (tertiary/aromatic N) is 3. The van der Waals surface area contributed by atoms with Crippen LogP contribution in [0.3, 0.4) is 0 Å². The zero-order chi connectivity index (χ0) is 23.3. The number of aromatic nitrogens is 2. The van der Waals surface area contributed by atoms with Crippen molar-refractivity contribution in [2.45, 2.75) is 57.7 Å². The molecular weight excluding hydrogens is 428 g/mol. The van der Waals surface area contributed by atoms with Gasteiger partial charge in [0.1, 0.15) is 5.82 Å². The Kier molecular flexibility index (Phi) is 11.0. The first-order valence-corrected chi connectivity index (χ1v) is 10.2. The molecule has 1 aromatic carbocycles. The van der Waals surface area contributed by atoms with Crippen LogP contribution in [0.1, 0.15) is 62.2 Å². The number of hydrogen-bond donors (Lipinski definition) is 3. The molecule has 0 bridgehead atoms. The summed E-state index contributed by atoms with van der Waals surface area (Å²) in [6.45, 7) is 3.88. The van der Waals surface area contributed by atoms with Gasteiger partial charge in [0.2, 0.25) is 0 Å². The molecular formula is C22H31FN3NaO5. The summed E-state index contributed by atoms with van der Waals surface area (Å²) in [6, 6.07) is 5.74. The van der Waals surface area contributed by atoms with Gasteiger partial charge in [-0.05, 0) is 49.4 Å². The van der Waals surface area contributed by atoms with Crippen molar-refractivity contribution in [1.82, 2.24) is 14.7 Å². The molecule has 2 atom stereocenters. The van der Waals surface area contributed by atoms with Crippen molar-refractivity contribution in [1.29, 1.82) is 0 Å². The third-order valence-corrected chi connectivity index (χ3v) is 4.95. The summed E-state index contributed by atoms with van der Waals surface area (Å²) in [6.07, 6.45) is -2.02. The minimum absolute atomic E-state index is 0. The molecule has 0 saturated heterocycles. The maximum absolute atomic E-state index is 13.4. The van der Waals surface area contributed by atoms with Crippen molar-refractivity contribution in [2.24, 2.45) is 0 Å². The molecule has 2 rings (SSSR count). The average Bonchev–Trinajstić information content (AvgIpc) is 3.05. The van der Waals surface area contributed by atoms with E-state index in [-0.39, 0.29) is 55.7 Å². The van der Waals surface area contributed by atoms with E-state index in [1.165, 1.54) is 17.0 Å². The summed E-state index contributed by atoms with van der Waals surface area (Å²) in [7, 11) is 3.27. The summed E-state index contributed by atoms with van der Waals surface area (Å²) in [5.74, 6) is -1.84. The van der Waals surface area contributed by atoms with Gasteiger partial charge in [-0.1, -0.05) is 13.8 Å². The minimum Gasteiger partial charge on any atom is -1.00 e. The van der Waals surface area contributed by atoms with E-state index in [9.17, 15) is 24.2 Å². The maximum Gasteiger partial charge on any atom is 1.00 e. The van der Waals surface area contributed by atoms with Crippen LogP contribution in [0.2, 0.25) is 0 Å². The second-order valence-electron chi connectivity index (χ2n) is 8.13. The number of carbonyl (C=O) groups is 2. The molecule has 32 heavy (non-hydrogen) atoms. The van der Waals surface area contributed by atoms with Gasteiger partial charge >= 0.3 is 35.5 Å². The quantitative estimate of drug-likeness (QED) is 0.412. The van der Waals surface area contributed by atoms with E-state index in [0.717, 1.165) is 5.56 Å². The monoisotopic (exact) mass is 459 g/mol. The van der Waals surface area contributed by atoms with Gasteiger partial charge in [-0.2, -0.15) is 5.10 Å². The van der Waals surface area contributed by atoms with Crippen LogP contribution in [0.25, 0.3) is 5.69 Å². The Balaban J connectivity index is 0.00000512. The molecule has 0 saturated carbocycles. The van der Waals surface area contributed by atoms with Crippen LogP contribution < -0.4 is 29.6 Å². The first-order valence-electron chi connectivity index (χ1n) is 10.2. The topological polar surface area (TPSA) is 116 Å². The van der Waals surface area contributed by atoms with E-state index in [4.69, 9.17) is 5.11 Å². The molecule has 3 N–H and O–H groups in total. The van der Waals surface area contributed by atoms with Gasteiger partial charge in [0.25, 0.3) is 5.91 Å². The predicted molar refractivity (Wildman–Crippen MR) is 114 cm³/mol. The normalized spacial score (nSPS) is 12.9. The number of aliphatic carboxylic acids is 1. The zero-order valence-corrected chi connectivity index (χ0v) is 21.2. The molecule has 172 valence electrons. The number of rotatable bonds is 10. The summed E-state index contributed by atoms with van der Waals surface area (Å²) >= 11 is 0. The molecule has 0 spiro atoms. The number of carboxylic acid groups (broad SMARTS) is 1. The number of benzene rings is 1. The molecule has 1 heterocycles. The predicted octanol–water partition coefficient (Wildman–Crippen LogP) is -0.528. The number of aliphatic hydroxyl groups excluding tert-OH is 2. The molecule has 0 fully saturated rings. The van der Waals surface area contributed by atoms with Crippen molar-refractivity contribution in [3.63, 3.8) is 0 Å². The Morgan fingerprint density at radius 1 is 1.16 bits per heavy atom. The van der Waals surface area contributed by atoms with E-state index >= 15 is 0 Å². The Labute approximate surface area is 210 Å². The zero-order valence-electron chi connectivity index (χ0n) is 20.2. The minimum atomic E-state index is -1.15. The average molecular weight is 459 g/mol. The molecule has 2 aromatic rings. The van der Waals surface area contributed by atoms with Gasteiger partial charge in [-0.15, -0.1) is 0 Å². The Morgan fingerprint density at radius 2 is 1.75 bits per heavy atom. The Bertz CT molecular complexity index is 922. The van der Waals surface area contributed by atoms with Gasteiger partial charge in [0.05, 0.1) is 24.3 Å². The van der Waals surface area contributed by atoms with E-state index in [1.54, 1.807) is 30.9 Å². The molecule has 0 aliphatic heterocycles. The second-order valence-corrected chi connectivity index (χ2v) is 8.13. The standard InChI is InChI=1S/C22H30FN3O5.Na.H/c1-13(2)20-18(10-9-16(27)11-17(28)12-19(29)30)26(15-7-5-14(23)6-8-15)24-21(20)22(31)25(3)4;;/h5-8,13,16-17,27-28H,9-12H2,1-4H3,(H,29,30);;/q;+1;-1/t16-,17-;;/m1../s1. The molecule has 1 aromatic heterocycles. The number of hydrogen-bond acceptors (Lipinski definition) is 5. The summed E-state index contributed by atoms with van der Waals surface area (Å²) in [4.78, 5) is 24.9. The fourth-order valence-corrected chi connectivity index (χ4v) is 3.50. The van der Waals surface area contributed by atoms with E-state index in [1.807, 2.05) is 13.8 Å². The number of halogens is 1. The van der Waals surface area contributed by atoms with Crippen LogP contribution >= 0.6 is 0 Å². The van der Waals surface area contributed by atoms with Gasteiger partial charge in [-0.25, -0.2) is 9.07 Å². The van der Waals surface area contributed by atoms with Crippen molar-refractivity contribution in [2.75, 3.05) is 14.1 Å². The molecule has 0 radical (unpaired) electrons. The van der Waals surface area contributed by atoms with Crippen LogP contribution in [0, 0.1) is 5.82 Å². The fourth-order valence-electron chi connectivity index (χ4n) is 3.50. The van der Waals surface area contributed by atoms with Gasteiger partial charge < -0.3 is 21.6 Å². The Hall–Kier alpha value is -1.78. The van der Waals surface area contributed by atoms with Crippen molar-refractivity contribution >= 4 is 11.9 Å². The van der Waals surface area contributed by atoms with E-state index in [2.05, 4.69) is 5.10 Å². The number of carbonyl (C=O) groups excluding carboxylic acids is 1. The van der Waals surface area contributed by atoms with Crippen LogP contribution in [0.15, 0.2) is 24.3 Å². The van der Waals surface area contributed by atoms with Crippen molar-refractivity contribution < 1.29 is 60.3 Å². The summed E-state index contributed by atoms with van der Waals surface area (Å²) < 4.78 is 15.0. The number of aliphatic hydroxyl groups is 2. The van der Waals surface area contributed by atoms with Crippen LogP contribution in [-0.2, 0) is 11.2 Å². The molecule has 10 heteroatoms. The molecule has 0 unspecified atom stereocenters. The van der Waals surface area contributed by atoms with Crippen molar-refractivity contribution in [3.8, 4) is 5.69 Å².